The van der Waals surface area contributed by atoms with Crippen LogP contribution in [-0.2, 0) is 19.9 Å². The normalized spacial score (nSPS) is 15.1. The van der Waals surface area contributed by atoms with Gasteiger partial charge in [0, 0.05) is 42.7 Å². The highest BCUT2D eigenvalue weighted by Crippen LogP contribution is 2.31. The Balaban J connectivity index is 1.97. The van der Waals surface area contributed by atoms with Crippen LogP contribution in [0.4, 0.5) is 11.4 Å². The fourth-order valence-electron chi connectivity index (χ4n) is 3.44. The Morgan fingerprint density at radius 3 is 2.30 bits per heavy atom. The number of ether oxygens (including phenoxy) is 1. The molecule has 1 amide bonds. The van der Waals surface area contributed by atoms with Crippen molar-refractivity contribution in [1.29, 1.82) is 0 Å². The quantitative estimate of drug-likeness (QED) is 0.452. The number of hydrogen-bond acceptors (Lipinski definition) is 8. The summed E-state index contributed by atoms with van der Waals surface area (Å²) in [5, 5.41) is 13.7. The zero-order valence-electron chi connectivity index (χ0n) is 18.0. The molecule has 0 radical (unpaired) electrons. The average Bonchev–Trinajstić information content (AvgIpc) is 2.78. The summed E-state index contributed by atoms with van der Waals surface area (Å²) in [4.78, 5) is 22.6. The maximum Gasteiger partial charge on any atom is 0.271 e. The number of carbonyl (C=O) groups is 1. The minimum absolute atomic E-state index is 0.101. The van der Waals surface area contributed by atoms with Gasteiger partial charge in [-0.3, -0.25) is 14.9 Å². The van der Waals surface area contributed by atoms with Gasteiger partial charge < -0.3 is 10.1 Å². The van der Waals surface area contributed by atoms with E-state index in [1.54, 1.807) is 0 Å². The molecule has 33 heavy (non-hydrogen) atoms. The summed E-state index contributed by atoms with van der Waals surface area (Å²) < 4.78 is 56.6. The van der Waals surface area contributed by atoms with Crippen molar-refractivity contribution in [3.05, 3.63) is 52.1 Å². The third kappa shape index (κ3) is 5.49. The summed E-state index contributed by atoms with van der Waals surface area (Å²) in [6, 6.07) is 6.88. The first kappa shape index (κ1) is 24.6. The molecule has 1 saturated heterocycles. The molecular formula is C20H23N3O8S2. The van der Waals surface area contributed by atoms with Crippen LogP contribution >= 0.6 is 0 Å². The molecule has 0 aromatic heterocycles. The van der Waals surface area contributed by atoms with Gasteiger partial charge >= 0.3 is 0 Å². The number of nitro groups is 1. The molecule has 3 rings (SSSR count). The van der Waals surface area contributed by atoms with Crippen LogP contribution in [0, 0.1) is 10.1 Å². The van der Waals surface area contributed by atoms with Gasteiger partial charge in [-0.2, -0.15) is 4.31 Å². The van der Waals surface area contributed by atoms with E-state index in [1.165, 1.54) is 29.6 Å². The molecule has 1 heterocycles. The first-order valence-electron chi connectivity index (χ1n) is 9.92. The van der Waals surface area contributed by atoms with Crippen molar-refractivity contribution in [2.45, 2.75) is 29.1 Å². The zero-order chi connectivity index (χ0) is 24.4. The van der Waals surface area contributed by atoms with E-state index < -0.39 is 36.4 Å². The molecule has 178 valence electrons. The van der Waals surface area contributed by atoms with Gasteiger partial charge in [0.1, 0.15) is 10.6 Å². The number of nitrogens with one attached hydrogen (secondary N) is 1. The lowest BCUT2D eigenvalue weighted by atomic mass is 10.2. The Hall–Kier alpha value is -3.03. The highest BCUT2D eigenvalue weighted by molar-refractivity contribution is 7.90. The van der Waals surface area contributed by atoms with Crippen molar-refractivity contribution in [3.63, 3.8) is 0 Å². The van der Waals surface area contributed by atoms with Gasteiger partial charge in [0.2, 0.25) is 10.0 Å². The molecular weight excluding hydrogens is 474 g/mol. The van der Waals surface area contributed by atoms with Crippen LogP contribution in [0.25, 0.3) is 0 Å². The van der Waals surface area contributed by atoms with E-state index in [9.17, 15) is 31.7 Å². The number of piperidine rings is 1. The number of nitrogens with zero attached hydrogens (tertiary/aromatic N) is 2. The smallest absolute Gasteiger partial charge is 0.271 e. The first-order chi connectivity index (χ1) is 15.4. The Kier molecular flexibility index (Phi) is 7.05. The van der Waals surface area contributed by atoms with E-state index >= 15 is 0 Å². The SMILES string of the molecule is COc1ccc(NC(=O)c2cc([N+](=O)[O-])cc(S(C)(=O)=O)c2)cc1S(=O)(=O)N1CCCCC1. The molecule has 0 aliphatic carbocycles. The van der Waals surface area contributed by atoms with Crippen molar-refractivity contribution < 1.29 is 31.3 Å². The minimum Gasteiger partial charge on any atom is -0.495 e. The van der Waals surface area contributed by atoms with E-state index in [0.29, 0.717) is 13.1 Å². The van der Waals surface area contributed by atoms with Crippen LogP contribution in [0.15, 0.2) is 46.2 Å². The van der Waals surface area contributed by atoms with Gasteiger partial charge in [0.15, 0.2) is 9.84 Å². The zero-order valence-corrected chi connectivity index (χ0v) is 19.6. The second-order valence-corrected chi connectivity index (χ2v) is 11.5. The summed E-state index contributed by atoms with van der Waals surface area (Å²) in [5.74, 6) is -0.733. The average molecular weight is 498 g/mol. The number of carbonyl (C=O) groups excluding carboxylic acids is 1. The molecule has 0 bridgehead atoms. The molecule has 1 aliphatic heterocycles. The summed E-state index contributed by atoms with van der Waals surface area (Å²) in [5.41, 5.74) is -0.726. The predicted molar refractivity (Wildman–Crippen MR) is 120 cm³/mol. The van der Waals surface area contributed by atoms with Gasteiger partial charge in [0.05, 0.1) is 16.9 Å². The number of sulfonamides is 1. The number of benzene rings is 2. The second-order valence-electron chi connectivity index (χ2n) is 7.53. The Labute approximate surface area is 191 Å². The van der Waals surface area contributed by atoms with Crippen molar-refractivity contribution in [2.75, 3.05) is 31.8 Å². The van der Waals surface area contributed by atoms with Gasteiger partial charge in [0.25, 0.3) is 11.6 Å². The van der Waals surface area contributed by atoms with E-state index in [4.69, 9.17) is 4.74 Å². The number of nitro benzene ring substituents is 1. The Morgan fingerprint density at radius 2 is 1.73 bits per heavy atom. The Morgan fingerprint density at radius 1 is 1.06 bits per heavy atom. The largest absolute Gasteiger partial charge is 0.495 e. The predicted octanol–water partition coefficient (Wildman–Crippen LogP) is 2.43. The number of methoxy groups -OCH3 is 1. The lowest BCUT2D eigenvalue weighted by Crippen LogP contribution is -2.35. The summed E-state index contributed by atoms with van der Waals surface area (Å²) >= 11 is 0. The lowest BCUT2D eigenvalue weighted by molar-refractivity contribution is -0.385. The molecule has 1 fully saturated rings. The highest BCUT2D eigenvalue weighted by Gasteiger charge is 2.29. The van der Waals surface area contributed by atoms with Crippen LogP contribution in [0.3, 0.4) is 0 Å². The third-order valence-corrected chi connectivity index (χ3v) is 8.16. The number of non-ortho nitro benzene ring substituents is 1. The number of sulfone groups is 1. The number of amides is 1. The van der Waals surface area contributed by atoms with Gasteiger partial charge in [-0.1, -0.05) is 6.42 Å². The molecule has 0 unspecified atom stereocenters. The van der Waals surface area contributed by atoms with E-state index in [0.717, 1.165) is 43.7 Å². The summed E-state index contributed by atoms with van der Waals surface area (Å²) in [7, 11) is -6.37. The maximum atomic E-state index is 13.1. The van der Waals surface area contributed by atoms with E-state index in [2.05, 4.69) is 5.32 Å². The lowest BCUT2D eigenvalue weighted by Gasteiger charge is -2.26. The Bertz CT molecular complexity index is 1300. The van der Waals surface area contributed by atoms with Crippen LogP contribution < -0.4 is 10.1 Å². The summed E-state index contributed by atoms with van der Waals surface area (Å²) in [6.07, 6.45) is 3.30. The van der Waals surface area contributed by atoms with Crippen molar-refractivity contribution in [2.24, 2.45) is 0 Å². The topological polar surface area (TPSA) is 153 Å². The van der Waals surface area contributed by atoms with Crippen LogP contribution in [0.2, 0.25) is 0 Å². The molecule has 2 aromatic carbocycles. The molecule has 0 spiro atoms. The molecule has 13 heteroatoms. The van der Waals surface area contributed by atoms with E-state index in [1.807, 2.05) is 0 Å². The number of rotatable bonds is 7. The van der Waals surface area contributed by atoms with Crippen molar-refractivity contribution in [1.82, 2.24) is 4.31 Å². The fourth-order valence-corrected chi connectivity index (χ4v) is 5.81. The third-order valence-electron chi connectivity index (χ3n) is 5.15. The standard InChI is InChI=1S/C20H23N3O8S2/c1-31-18-7-6-15(12-19(18)33(29,30)22-8-4-3-5-9-22)21-20(24)14-10-16(23(25)26)13-17(11-14)32(2,27)28/h6-7,10-13H,3-5,8-9H2,1-2H3,(H,21,24). The first-order valence-corrected chi connectivity index (χ1v) is 13.3. The molecule has 1 N–H and O–H groups in total. The van der Waals surface area contributed by atoms with Gasteiger partial charge in [-0.25, -0.2) is 16.8 Å². The van der Waals surface area contributed by atoms with Gasteiger partial charge in [-0.05, 0) is 37.1 Å². The van der Waals surface area contributed by atoms with E-state index in [-0.39, 0.29) is 26.8 Å². The minimum atomic E-state index is -3.88. The second kappa shape index (κ2) is 9.45. The molecule has 1 aliphatic rings. The van der Waals surface area contributed by atoms with Crippen LogP contribution in [-0.4, -0.2) is 58.4 Å². The molecule has 0 saturated carbocycles. The fraction of sp³-hybridized carbons (Fsp3) is 0.350. The molecule has 11 nitrogen and oxygen atoms in total. The van der Waals surface area contributed by atoms with Crippen molar-refractivity contribution >= 4 is 37.1 Å². The molecule has 0 atom stereocenters. The summed E-state index contributed by atoms with van der Waals surface area (Å²) in [6.45, 7) is 0.758. The number of anilines is 1. The van der Waals surface area contributed by atoms with Crippen LogP contribution in [0.5, 0.6) is 5.75 Å². The molecule has 2 aromatic rings. The van der Waals surface area contributed by atoms with Crippen LogP contribution in [0.1, 0.15) is 29.6 Å². The maximum absolute atomic E-state index is 13.1. The highest BCUT2D eigenvalue weighted by atomic mass is 32.2. The van der Waals surface area contributed by atoms with Crippen molar-refractivity contribution in [3.8, 4) is 5.75 Å². The number of hydrogen-bond donors (Lipinski definition) is 1. The van der Waals surface area contributed by atoms with Gasteiger partial charge in [-0.15, -0.1) is 0 Å². The monoisotopic (exact) mass is 497 g/mol.